The van der Waals surface area contributed by atoms with Crippen LogP contribution in [0.1, 0.15) is 33.1 Å². The first-order valence-electron chi connectivity index (χ1n) is 3.37. The van der Waals surface area contributed by atoms with Crippen LogP contribution in [-0.2, 0) is 0 Å². The molecule has 0 aromatic carbocycles. The van der Waals surface area contributed by atoms with Crippen LogP contribution in [0.4, 0.5) is 0 Å². The topological polar surface area (TPSA) is 0 Å². The van der Waals surface area contributed by atoms with Gasteiger partial charge in [-0.15, -0.1) is 0 Å². The molecule has 1 atom stereocenters. The molecule has 0 spiro atoms. The largest absolute Gasteiger partial charge is 0.162 e. The highest BCUT2D eigenvalue weighted by atomic mass is 32.2. The number of rotatable bonds is 4. The predicted octanol–water partition coefficient (Wildman–Crippen LogP) is 2.93. The van der Waals surface area contributed by atoms with Gasteiger partial charge in [0.15, 0.2) is 0 Å². The average molecular weight is 132 g/mol. The standard InChI is InChI=1S/C7H16S/c1-4-6-7(5-2)8-3/h7H,4-6H2,1-3H3/t7-/m1/s1. The molecule has 0 bridgehead atoms. The van der Waals surface area contributed by atoms with E-state index in [4.69, 9.17) is 0 Å². The first-order valence-corrected chi connectivity index (χ1v) is 4.66. The molecule has 0 aromatic rings. The van der Waals surface area contributed by atoms with E-state index in [9.17, 15) is 0 Å². The molecule has 0 N–H and O–H groups in total. The minimum Gasteiger partial charge on any atom is -0.162 e. The average Bonchev–Trinajstić information content (AvgIpc) is 1.83. The van der Waals surface area contributed by atoms with Gasteiger partial charge in [0.05, 0.1) is 0 Å². The van der Waals surface area contributed by atoms with Crippen molar-refractivity contribution in [1.29, 1.82) is 0 Å². The molecule has 0 amide bonds. The van der Waals surface area contributed by atoms with E-state index >= 15 is 0 Å². The summed E-state index contributed by atoms with van der Waals surface area (Å²) >= 11 is 1.99. The second-order valence-electron chi connectivity index (χ2n) is 2.05. The highest BCUT2D eigenvalue weighted by Crippen LogP contribution is 2.15. The summed E-state index contributed by atoms with van der Waals surface area (Å²) in [6.07, 6.45) is 6.25. The van der Waals surface area contributed by atoms with Crippen molar-refractivity contribution in [1.82, 2.24) is 0 Å². The summed E-state index contributed by atoms with van der Waals surface area (Å²) in [5.41, 5.74) is 0. The van der Waals surface area contributed by atoms with Crippen LogP contribution in [0.2, 0.25) is 0 Å². The molecule has 0 aliphatic carbocycles. The Morgan fingerprint density at radius 3 is 2.12 bits per heavy atom. The molecule has 0 saturated carbocycles. The zero-order valence-corrected chi connectivity index (χ0v) is 6.92. The van der Waals surface area contributed by atoms with Crippen LogP contribution in [0, 0.1) is 0 Å². The predicted molar refractivity (Wildman–Crippen MR) is 42.5 cm³/mol. The zero-order chi connectivity index (χ0) is 6.41. The molecule has 50 valence electrons. The van der Waals surface area contributed by atoms with E-state index in [1.165, 1.54) is 19.3 Å². The van der Waals surface area contributed by atoms with E-state index in [1.807, 2.05) is 11.8 Å². The lowest BCUT2D eigenvalue weighted by atomic mass is 10.2. The minimum absolute atomic E-state index is 0.917. The second kappa shape index (κ2) is 5.49. The summed E-state index contributed by atoms with van der Waals surface area (Å²) < 4.78 is 0. The van der Waals surface area contributed by atoms with Crippen molar-refractivity contribution in [2.45, 2.75) is 38.4 Å². The third kappa shape index (κ3) is 3.36. The Hall–Kier alpha value is 0.350. The molecular weight excluding hydrogens is 116 g/mol. The van der Waals surface area contributed by atoms with Gasteiger partial charge in [-0.05, 0) is 19.1 Å². The molecule has 0 unspecified atom stereocenters. The highest BCUT2D eigenvalue weighted by molar-refractivity contribution is 7.99. The van der Waals surface area contributed by atoms with Crippen LogP contribution >= 0.6 is 11.8 Å². The zero-order valence-electron chi connectivity index (χ0n) is 6.11. The van der Waals surface area contributed by atoms with Crippen LogP contribution in [-0.4, -0.2) is 11.5 Å². The van der Waals surface area contributed by atoms with Gasteiger partial charge in [-0.2, -0.15) is 11.8 Å². The van der Waals surface area contributed by atoms with E-state index in [0.717, 1.165) is 5.25 Å². The Morgan fingerprint density at radius 2 is 2.00 bits per heavy atom. The van der Waals surface area contributed by atoms with Crippen molar-refractivity contribution < 1.29 is 0 Å². The fourth-order valence-electron chi connectivity index (χ4n) is 0.811. The monoisotopic (exact) mass is 132 g/mol. The van der Waals surface area contributed by atoms with Gasteiger partial charge in [-0.25, -0.2) is 0 Å². The molecule has 0 radical (unpaired) electrons. The third-order valence-electron chi connectivity index (χ3n) is 1.40. The van der Waals surface area contributed by atoms with E-state index in [0.29, 0.717) is 0 Å². The molecule has 0 aliphatic rings. The van der Waals surface area contributed by atoms with Crippen molar-refractivity contribution >= 4 is 11.8 Å². The van der Waals surface area contributed by atoms with Crippen LogP contribution in [0.3, 0.4) is 0 Å². The van der Waals surface area contributed by atoms with Crippen molar-refractivity contribution in [2.75, 3.05) is 6.26 Å². The van der Waals surface area contributed by atoms with Gasteiger partial charge < -0.3 is 0 Å². The molecule has 0 aromatic heterocycles. The maximum Gasteiger partial charge on any atom is 0.00415 e. The lowest BCUT2D eigenvalue weighted by Crippen LogP contribution is -1.97. The van der Waals surface area contributed by atoms with E-state index in [1.54, 1.807) is 0 Å². The molecular formula is C7H16S. The quantitative estimate of drug-likeness (QED) is 0.566. The molecule has 0 fully saturated rings. The lowest BCUT2D eigenvalue weighted by Gasteiger charge is -2.07. The molecule has 0 heterocycles. The van der Waals surface area contributed by atoms with E-state index < -0.39 is 0 Å². The summed E-state index contributed by atoms with van der Waals surface area (Å²) in [5.74, 6) is 0. The minimum atomic E-state index is 0.917. The summed E-state index contributed by atoms with van der Waals surface area (Å²) in [6, 6.07) is 0. The van der Waals surface area contributed by atoms with Crippen molar-refractivity contribution in [3.8, 4) is 0 Å². The Morgan fingerprint density at radius 1 is 1.38 bits per heavy atom. The Balaban J connectivity index is 3.07. The van der Waals surface area contributed by atoms with Gasteiger partial charge in [0.1, 0.15) is 0 Å². The molecule has 0 saturated heterocycles. The van der Waals surface area contributed by atoms with Crippen molar-refractivity contribution in [3.05, 3.63) is 0 Å². The molecule has 1 heteroatoms. The summed E-state index contributed by atoms with van der Waals surface area (Å²) in [5, 5.41) is 0.917. The van der Waals surface area contributed by atoms with Gasteiger partial charge in [-0.1, -0.05) is 20.3 Å². The van der Waals surface area contributed by atoms with Crippen LogP contribution in [0.15, 0.2) is 0 Å². The first kappa shape index (κ1) is 8.35. The first-order chi connectivity index (χ1) is 3.85. The summed E-state index contributed by atoms with van der Waals surface area (Å²) in [7, 11) is 0. The fourth-order valence-corrected chi connectivity index (χ4v) is 1.62. The molecule has 0 nitrogen and oxygen atoms in total. The SMILES string of the molecule is CCC[C@@H](CC)SC. The van der Waals surface area contributed by atoms with Gasteiger partial charge in [0, 0.05) is 5.25 Å². The van der Waals surface area contributed by atoms with Gasteiger partial charge in [0.25, 0.3) is 0 Å². The molecule has 0 rings (SSSR count). The van der Waals surface area contributed by atoms with Crippen LogP contribution in [0.5, 0.6) is 0 Å². The number of thioether (sulfide) groups is 1. The maximum atomic E-state index is 2.26. The van der Waals surface area contributed by atoms with Gasteiger partial charge in [0.2, 0.25) is 0 Å². The maximum absolute atomic E-state index is 2.26. The van der Waals surface area contributed by atoms with Gasteiger partial charge in [-0.3, -0.25) is 0 Å². The normalized spacial score (nSPS) is 13.9. The molecule has 8 heavy (non-hydrogen) atoms. The fraction of sp³-hybridized carbons (Fsp3) is 1.00. The molecule has 0 aliphatic heterocycles. The third-order valence-corrected chi connectivity index (χ3v) is 2.64. The Bertz CT molecular complexity index is 39.7. The van der Waals surface area contributed by atoms with Crippen molar-refractivity contribution in [3.63, 3.8) is 0 Å². The van der Waals surface area contributed by atoms with Crippen molar-refractivity contribution in [2.24, 2.45) is 0 Å². The van der Waals surface area contributed by atoms with E-state index in [2.05, 4.69) is 20.1 Å². The van der Waals surface area contributed by atoms with Gasteiger partial charge >= 0.3 is 0 Å². The number of hydrogen-bond acceptors (Lipinski definition) is 1. The second-order valence-corrected chi connectivity index (χ2v) is 3.19. The van der Waals surface area contributed by atoms with E-state index in [-0.39, 0.29) is 0 Å². The Kier molecular flexibility index (Phi) is 5.73. The lowest BCUT2D eigenvalue weighted by molar-refractivity contribution is 0.721. The van der Waals surface area contributed by atoms with Crippen LogP contribution < -0.4 is 0 Å². The summed E-state index contributed by atoms with van der Waals surface area (Å²) in [4.78, 5) is 0. The highest BCUT2D eigenvalue weighted by Gasteiger charge is 1.99. The summed E-state index contributed by atoms with van der Waals surface area (Å²) in [6.45, 7) is 4.51. The van der Waals surface area contributed by atoms with Crippen LogP contribution in [0.25, 0.3) is 0 Å². The number of hydrogen-bond donors (Lipinski definition) is 0. The Labute approximate surface area is 57.1 Å². The smallest absolute Gasteiger partial charge is 0.00415 e.